The number of aliphatic hydroxyl groups is 1. The molecule has 0 aromatic rings. The second-order valence-electron chi connectivity index (χ2n) is 30.1. The zero-order chi connectivity index (χ0) is 72.4. The van der Waals surface area contributed by atoms with E-state index >= 15 is 0 Å². The van der Waals surface area contributed by atoms with Crippen LogP contribution in [0.15, 0.2) is 0 Å². The van der Waals surface area contributed by atoms with Crippen LogP contribution in [-0.2, 0) is 65.4 Å². The number of carbonyl (C=O) groups is 4. The van der Waals surface area contributed by atoms with Crippen LogP contribution in [0.3, 0.4) is 0 Å². The van der Waals surface area contributed by atoms with E-state index in [0.717, 1.165) is 115 Å². The normalized spacial score (nSPS) is 14.3. The molecule has 4 unspecified atom stereocenters. The molecule has 0 fully saturated rings. The molecule has 0 aromatic heterocycles. The molecular weight excluding hydrogens is 1280 g/mol. The van der Waals surface area contributed by atoms with E-state index in [1.54, 1.807) is 0 Å². The molecule has 0 saturated carbocycles. The Morgan fingerprint density at radius 3 is 0.724 bits per heavy atom. The van der Waals surface area contributed by atoms with E-state index in [2.05, 4.69) is 55.4 Å². The molecule has 0 saturated heterocycles. The Kier molecular flexibility index (Phi) is 66.8. The molecule has 0 rings (SSSR count). The number of rotatable bonds is 76. The van der Waals surface area contributed by atoms with Crippen molar-refractivity contribution in [2.45, 2.75) is 420 Å². The predicted octanol–water partition coefficient (Wildman–Crippen LogP) is 23.2. The van der Waals surface area contributed by atoms with E-state index in [9.17, 15) is 43.2 Å². The van der Waals surface area contributed by atoms with Crippen molar-refractivity contribution in [3.63, 3.8) is 0 Å². The molecule has 19 heteroatoms. The monoisotopic (exact) mass is 1440 g/mol. The molecule has 0 aliphatic carbocycles. The maximum Gasteiger partial charge on any atom is 0.472 e. The van der Waals surface area contributed by atoms with Crippen LogP contribution in [0.4, 0.5) is 0 Å². The van der Waals surface area contributed by atoms with Crippen molar-refractivity contribution in [3.8, 4) is 0 Å². The molecule has 0 radical (unpaired) electrons. The van der Waals surface area contributed by atoms with Crippen LogP contribution in [0.2, 0.25) is 0 Å². The molecular formula is C79H154O17P2. The van der Waals surface area contributed by atoms with Gasteiger partial charge in [0.05, 0.1) is 26.4 Å². The summed E-state index contributed by atoms with van der Waals surface area (Å²) in [6, 6.07) is 0. The highest BCUT2D eigenvalue weighted by atomic mass is 31.2. The van der Waals surface area contributed by atoms with Gasteiger partial charge in [0.2, 0.25) is 0 Å². The van der Waals surface area contributed by atoms with Gasteiger partial charge in [-0.25, -0.2) is 9.13 Å². The highest BCUT2D eigenvalue weighted by molar-refractivity contribution is 7.47. The van der Waals surface area contributed by atoms with E-state index in [0.29, 0.717) is 37.5 Å². The van der Waals surface area contributed by atoms with Crippen molar-refractivity contribution in [2.75, 3.05) is 39.6 Å². The lowest BCUT2D eigenvalue weighted by molar-refractivity contribution is -0.161. The number of unbranched alkanes of at least 4 members (excludes halogenated alkanes) is 41. The Morgan fingerprint density at radius 1 is 0.286 bits per heavy atom. The minimum atomic E-state index is -4.96. The summed E-state index contributed by atoms with van der Waals surface area (Å²) in [7, 11) is -9.91. The molecule has 0 aliphatic heterocycles. The lowest BCUT2D eigenvalue weighted by atomic mass is 9.99. The maximum atomic E-state index is 13.1. The van der Waals surface area contributed by atoms with Crippen LogP contribution < -0.4 is 0 Å². The van der Waals surface area contributed by atoms with E-state index in [-0.39, 0.29) is 25.7 Å². The Balaban J connectivity index is 5.14. The molecule has 98 heavy (non-hydrogen) atoms. The number of aliphatic hydroxyl groups excluding tert-OH is 1. The molecule has 0 heterocycles. The quantitative estimate of drug-likeness (QED) is 0.0222. The average Bonchev–Trinajstić information content (AvgIpc) is 0.933. The first kappa shape index (κ1) is 96.1. The second-order valence-corrected chi connectivity index (χ2v) is 33.0. The van der Waals surface area contributed by atoms with E-state index in [1.807, 2.05) is 0 Å². The summed E-state index contributed by atoms with van der Waals surface area (Å²) < 4.78 is 68.5. The van der Waals surface area contributed by atoms with Gasteiger partial charge in [-0.15, -0.1) is 0 Å². The molecule has 17 nitrogen and oxygen atoms in total. The third-order valence-corrected chi connectivity index (χ3v) is 20.6. The smallest absolute Gasteiger partial charge is 0.462 e. The van der Waals surface area contributed by atoms with Gasteiger partial charge < -0.3 is 33.8 Å². The summed E-state index contributed by atoms with van der Waals surface area (Å²) in [5.74, 6) is 0.929. The fourth-order valence-electron chi connectivity index (χ4n) is 12.0. The van der Waals surface area contributed by atoms with Crippen molar-refractivity contribution in [2.24, 2.45) is 23.7 Å². The first-order valence-electron chi connectivity index (χ1n) is 40.7. The lowest BCUT2D eigenvalue weighted by Crippen LogP contribution is -2.30. The number of ether oxygens (including phenoxy) is 4. The van der Waals surface area contributed by atoms with Gasteiger partial charge in [0.25, 0.3) is 0 Å². The number of phosphoric ester groups is 2. The summed E-state index contributed by atoms with van der Waals surface area (Å²) in [5, 5.41) is 10.6. The molecule has 0 amide bonds. The number of carbonyl (C=O) groups excluding carboxylic acids is 4. The van der Waals surface area contributed by atoms with Crippen LogP contribution in [0, 0.1) is 23.7 Å². The van der Waals surface area contributed by atoms with Gasteiger partial charge in [-0.3, -0.25) is 37.3 Å². The number of hydrogen-bond donors (Lipinski definition) is 3. The minimum Gasteiger partial charge on any atom is -0.462 e. The van der Waals surface area contributed by atoms with Gasteiger partial charge in [-0.2, -0.15) is 0 Å². The van der Waals surface area contributed by atoms with Crippen molar-refractivity contribution < 1.29 is 80.2 Å². The molecule has 0 spiro atoms. The van der Waals surface area contributed by atoms with Crippen LogP contribution in [0.25, 0.3) is 0 Å². The van der Waals surface area contributed by atoms with E-state index in [1.165, 1.54) is 193 Å². The largest absolute Gasteiger partial charge is 0.472 e. The number of esters is 4. The Bertz CT molecular complexity index is 1920. The Morgan fingerprint density at radius 2 is 0.490 bits per heavy atom. The Labute approximate surface area is 600 Å². The van der Waals surface area contributed by atoms with Gasteiger partial charge in [0.1, 0.15) is 19.3 Å². The molecule has 0 aromatic carbocycles. The van der Waals surface area contributed by atoms with Crippen LogP contribution in [-0.4, -0.2) is 96.7 Å². The SMILES string of the molecule is CCC(C)CCCCCCCCCCCCCCCCCCCCC(=O)O[C@H](COC(=O)CCCCCCCCC(C)C)COP(=O)(O)OCC(O)COP(=O)(O)OC[C@@H](COC(=O)CCCCCCCCCC(C)C)OC(=O)CCCCCCCCCCCCCCCCC(C)C. The van der Waals surface area contributed by atoms with Gasteiger partial charge >= 0.3 is 39.5 Å². The molecule has 0 bridgehead atoms. The molecule has 582 valence electrons. The van der Waals surface area contributed by atoms with Crippen molar-refractivity contribution in [1.29, 1.82) is 0 Å². The van der Waals surface area contributed by atoms with Gasteiger partial charge in [-0.1, -0.05) is 351 Å². The van der Waals surface area contributed by atoms with Gasteiger partial charge in [0.15, 0.2) is 12.2 Å². The summed E-state index contributed by atoms with van der Waals surface area (Å²) >= 11 is 0. The van der Waals surface area contributed by atoms with Crippen molar-refractivity contribution in [3.05, 3.63) is 0 Å². The lowest BCUT2D eigenvalue weighted by Gasteiger charge is -2.21. The zero-order valence-electron chi connectivity index (χ0n) is 64.4. The third kappa shape index (κ3) is 71.1. The zero-order valence-corrected chi connectivity index (χ0v) is 66.2. The molecule has 3 N–H and O–H groups in total. The maximum absolute atomic E-state index is 13.1. The fourth-order valence-corrected chi connectivity index (χ4v) is 13.6. The topological polar surface area (TPSA) is 237 Å². The molecule has 0 aliphatic rings. The van der Waals surface area contributed by atoms with Gasteiger partial charge in [0, 0.05) is 25.7 Å². The van der Waals surface area contributed by atoms with E-state index in [4.69, 9.17) is 37.0 Å². The highest BCUT2D eigenvalue weighted by Crippen LogP contribution is 2.45. The van der Waals surface area contributed by atoms with Gasteiger partial charge in [-0.05, 0) is 49.4 Å². The fraction of sp³-hybridized carbons (Fsp3) is 0.949. The Hall–Kier alpha value is -1.94. The van der Waals surface area contributed by atoms with Crippen LogP contribution in [0.5, 0.6) is 0 Å². The standard InChI is InChI=1S/C79H154O17P2/c1-9-72(8)58-50-42-33-27-23-19-14-12-10-11-13-15-20-24-28-34-45-53-62-79(84)96-75(66-90-77(82)60-52-44-38-37-41-49-57-71(6)7)68-94-98(87,88)92-64-73(80)63-91-97(85,86)93-67-74(65-89-76(81)59-51-43-36-30-32-40-48-56-70(4)5)95-78(83)61-54-46-35-29-25-21-17-16-18-22-26-31-39-47-55-69(2)3/h69-75,80H,9-68H2,1-8H3,(H,85,86)(H,87,88)/t72?,73?,74-,75-/m1/s1. The summed E-state index contributed by atoms with van der Waals surface area (Å²) in [4.78, 5) is 72.8. The van der Waals surface area contributed by atoms with Crippen LogP contribution >= 0.6 is 15.6 Å². The summed E-state index contributed by atoms with van der Waals surface area (Å²) in [5.41, 5.74) is 0. The summed E-state index contributed by atoms with van der Waals surface area (Å²) in [6.45, 7) is 14.2. The third-order valence-electron chi connectivity index (χ3n) is 18.7. The average molecular weight is 1440 g/mol. The van der Waals surface area contributed by atoms with E-state index < -0.39 is 97.5 Å². The van der Waals surface area contributed by atoms with Crippen molar-refractivity contribution in [1.82, 2.24) is 0 Å². The molecule has 6 atom stereocenters. The second kappa shape index (κ2) is 68.2. The summed E-state index contributed by atoms with van der Waals surface area (Å²) in [6.07, 6.45) is 54.5. The first-order valence-corrected chi connectivity index (χ1v) is 43.7. The number of phosphoric acid groups is 2. The number of hydrogen-bond acceptors (Lipinski definition) is 15. The first-order chi connectivity index (χ1) is 47.1. The van der Waals surface area contributed by atoms with Crippen LogP contribution in [0.1, 0.15) is 402 Å². The predicted molar refractivity (Wildman–Crippen MR) is 400 cm³/mol. The minimum absolute atomic E-state index is 0.106. The highest BCUT2D eigenvalue weighted by Gasteiger charge is 2.30. The van der Waals surface area contributed by atoms with Crippen molar-refractivity contribution >= 4 is 39.5 Å².